The Morgan fingerprint density at radius 1 is 1.03 bits per heavy atom. The number of aromatic hydroxyl groups is 1. The molecule has 1 aromatic carbocycles. The molecule has 37 heavy (non-hydrogen) atoms. The summed E-state index contributed by atoms with van der Waals surface area (Å²) in [5, 5.41) is 83.9. The second-order valence-corrected chi connectivity index (χ2v) is 8.62. The van der Waals surface area contributed by atoms with E-state index in [1.807, 2.05) is 0 Å². The van der Waals surface area contributed by atoms with Crippen LogP contribution in [-0.4, -0.2) is 121 Å². The molecule has 8 N–H and O–H groups in total. The Hall–Kier alpha value is -2.51. The first-order chi connectivity index (χ1) is 17.5. The monoisotopic (exact) mass is 534 g/mol. The molecule has 0 radical (unpaired) electrons. The first kappa shape index (κ1) is 29.1. The van der Waals surface area contributed by atoms with Crippen LogP contribution in [0.1, 0.15) is 12.5 Å². The maximum Gasteiger partial charge on any atom is 0.275 e. The van der Waals surface area contributed by atoms with Crippen LogP contribution >= 0.6 is 0 Å². The third kappa shape index (κ3) is 6.50. The largest absolute Gasteiger partial charge is 0.508 e. The van der Waals surface area contributed by atoms with Gasteiger partial charge in [0, 0.05) is 13.0 Å². The van der Waals surface area contributed by atoms with Crippen LogP contribution in [0.2, 0.25) is 0 Å². The molecular formula is C21H30N2O14. The second kappa shape index (κ2) is 12.4. The number of nitrogens with zero attached hydrogens (tertiary/aromatic N) is 1. The minimum absolute atomic E-state index is 0.0371. The second-order valence-electron chi connectivity index (χ2n) is 8.62. The van der Waals surface area contributed by atoms with Crippen molar-refractivity contribution < 1.29 is 64.4 Å². The number of nitrogens with one attached hydrogen (secondary N) is 1. The molecule has 0 spiro atoms. The van der Waals surface area contributed by atoms with Crippen molar-refractivity contribution in [3.63, 3.8) is 0 Å². The highest BCUT2D eigenvalue weighted by Gasteiger charge is 2.51. The third-order valence-electron chi connectivity index (χ3n) is 6.03. The predicted octanol–water partition coefficient (Wildman–Crippen LogP) is -3.42. The molecule has 0 bridgehead atoms. The number of carbonyl (C=O) groups excluding carboxylic acids is 1. The van der Waals surface area contributed by atoms with Gasteiger partial charge in [0.15, 0.2) is 12.6 Å². The van der Waals surface area contributed by atoms with Gasteiger partial charge in [0.05, 0.1) is 30.3 Å². The van der Waals surface area contributed by atoms with Gasteiger partial charge in [-0.1, -0.05) is 0 Å². The van der Waals surface area contributed by atoms with E-state index in [1.165, 1.54) is 0 Å². The summed E-state index contributed by atoms with van der Waals surface area (Å²) in [6.45, 7) is -0.856. The van der Waals surface area contributed by atoms with E-state index in [4.69, 9.17) is 18.9 Å². The van der Waals surface area contributed by atoms with Crippen molar-refractivity contribution in [1.29, 1.82) is 0 Å². The Balaban J connectivity index is 1.81. The number of ether oxygens (including phenoxy) is 4. The Kier molecular flexibility index (Phi) is 9.70. The highest BCUT2D eigenvalue weighted by molar-refractivity contribution is 5.73. The van der Waals surface area contributed by atoms with E-state index in [2.05, 4.69) is 5.32 Å². The fourth-order valence-electron chi connectivity index (χ4n) is 4.14. The SMILES string of the molecule is CC(=O)N[C@H]1[C@H](OCc2cc(O)ccc2[N+](=O)[O-])O[C@H](CO)[C@@H](O[C@@H]2O[C@H](CO)[C@H](O)[C@H](O)[C@H]2O)[C@@H]1O. The van der Waals surface area contributed by atoms with Gasteiger partial charge in [-0.05, 0) is 12.1 Å². The molecule has 2 saturated heterocycles. The Labute approximate surface area is 209 Å². The fourth-order valence-corrected chi connectivity index (χ4v) is 4.14. The van der Waals surface area contributed by atoms with Gasteiger partial charge in [0.25, 0.3) is 5.69 Å². The molecule has 2 fully saturated rings. The Morgan fingerprint density at radius 2 is 1.68 bits per heavy atom. The average molecular weight is 534 g/mol. The van der Waals surface area contributed by atoms with Crippen LogP contribution in [-0.2, 0) is 30.3 Å². The molecule has 10 atom stereocenters. The lowest BCUT2D eigenvalue weighted by molar-refractivity contribution is -0.386. The maximum atomic E-state index is 11.8. The molecule has 16 heteroatoms. The Bertz CT molecular complexity index is 948. The molecule has 0 saturated carbocycles. The summed E-state index contributed by atoms with van der Waals surface area (Å²) in [6, 6.07) is 1.92. The number of benzene rings is 1. The molecule has 1 aromatic rings. The lowest BCUT2D eigenvalue weighted by Crippen LogP contribution is -2.67. The van der Waals surface area contributed by atoms with E-state index in [0.29, 0.717) is 0 Å². The molecule has 2 heterocycles. The summed E-state index contributed by atoms with van der Waals surface area (Å²) in [6.07, 6.45) is -14.2. The van der Waals surface area contributed by atoms with Gasteiger partial charge < -0.3 is 60.0 Å². The molecule has 16 nitrogen and oxygen atoms in total. The molecule has 1 amide bonds. The molecule has 0 aliphatic carbocycles. The van der Waals surface area contributed by atoms with E-state index in [-0.39, 0.29) is 17.0 Å². The van der Waals surface area contributed by atoms with Gasteiger partial charge in [-0.3, -0.25) is 14.9 Å². The van der Waals surface area contributed by atoms with Crippen LogP contribution < -0.4 is 5.32 Å². The number of carbonyl (C=O) groups is 1. The van der Waals surface area contributed by atoms with Crippen LogP contribution in [0.5, 0.6) is 5.75 Å². The Morgan fingerprint density at radius 3 is 2.27 bits per heavy atom. The lowest BCUT2D eigenvalue weighted by Gasteiger charge is -2.47. The van der Waals surface area contributed by atoms with Gasteiger partial charge in [0.2, 0.25) is 5.91 Å². The summed E-state index contributed by atoms with van der Waals surface area (Å²) in [7, 11) is 0. The molecule has 0 aromatic heterocycles. The van der Waals surface area contributed by atoms with Crippen LogP contribution in [0.4, 0.5) is 5.69 Å². The first-order valence-corrected chi connectivity index (χ1v) is 11.2. The summed E-state index contributed by atoms with van der Waals surface area (Å²) in [4.78, 5) is 22.4. The normalized spacial score (nSPS) is 36.2. The number of rotatable bonds is 9. The van der Waals surface area contributed by atoms with Crippen LogP contribution in [0.25, 0.3) is 0 Å². The highest BCUT2D eigenvalue weighted by atomic mass is 16.7. The molecular weight excluding hydrogens is 504 g/mol. The number of amides is 1. The van der Waals surface area contributed by atoms with E-state index in [0.717, 1.165) is 25.1 Å². The molecule has 0 unspecified atom stereocenters. The lowest BCUT2D eigenvalue weighted by atomic mass is 9.95. The van der Waals surface area contributed by atoms with Crippen molar-refractivity contribution in [2.24, 2.45) is 0 Å². The van der Waals surface area contributed by atoms with E-state index >= 15 is 0 Å². The minimum atomic E-state index is -1.82. The van der Waals surface area contributed by atoms with Gasteiger partial charge in [-0.25, -0.2) is 0 Å². The summed E-state index contributed by atoms with van der Waals surface area (Å²) < 4.78 is 22.1. The summed E-state index contributed by atoms with van der Waals surface area (Å²) >= 11 is 0. The maximum absolute atomic E-state index is 11.8. The van der Waals surface area contributed by atoms with Gasteiger partial charge >= 0.3 is 0 Å². The number of nitro benzene ring substituents is 1. The number of phenolic OH excluding ortho intramolecular Hbond substituents is 1. The standard InChI is InChI=1S/C21H30N2O14/c1-8(26)22-14-16(29)19(37-21-18(31)17(30)15(28)12(5-24)35-21)13(6-25)36-20(14)34-7-9-4-10(27)2-3-11(9)23(32)33/h2-4,12-21,24-25,27-31H,5-7H2,1H3,(H,22,26)/t12-,13-,14-,15+,16-,17+,18-,19-,20-,21+/m1/s1. The van der Waals surface area contributed by atoms with Crippen molar-refractivity contribution in [3.8, 4) is 5.75 Å². The van der Waals surface area contributed by atoms with E-state index in [9.17, 15) is 50.7 Å². The number of hydrogen-bond donors (Lipinski definition) is 8. The third-order valence-corrected chi connectivity index (χ3v) is 6.03. The number of nitro groups is 1. The van der Waals surface area contributed by atoms with Crippen molar-refractivity contribution in [2.75, 3.05) is 13.2 Å². The predicted molar refractivity (Wildman–Crippen MR) is 118 cm³/mol. The molecule has 2 aliphatic rings. The minimum Gasteiger partial charge on any atom is -0.508 e. The zero-order valence-electron chi connectivity index (χ0n) is 19.6. The van der Waals surface area contributed by atoms with Gasteiger partial charge in [0.1, 0.15) is 54.5 Å². The van der Waals surface area contributed by atoms with Crippen molar-refractivity contribution in [1.82, 2.24) is 5.32 Å². The topological polar surface area (TPSA) is 251 Å². The smallest absolute Gasteiger partial charge is 0.275 e. The van der Waals surface area contributed by atoms with Gasteiger partial charge in [-0.2, -0.15) is 0 Å². The number of aliphatic hydroxyl groups is 6. The van der Waals surface area contributed by atoms with Crippen LogP contribution in [0.3, 0.4) is 0 Å². The van der Waals surface area contributed by atoms with Gasteiger partial charge in [-0.15, -0.1) is 0 Å². The van der Waals surface area contributed by atoms with E-state index < -0.39 is 92.0 Å². The zero-order chi connectivity index (χ0) is 27.4. The molecule has 3 rings (SSSR count). The number of phenols is 1. The number of hydrogen-bond acceptors (Lipinski definition) is 14. The van der Waals surface area contributed by atoms with Crippen molar-refractivity contribution in [2.45, 2.75) is 74.9 Å². The van der Waals surface area contributed by atoms with E-state index in [1.54, 1.807) is 0 Å². The highest BCUT2D eigenvalue weighted by Crippen LogP contribution is 2.31. The first-order valence-electron chi connectivity index (χ1n) is 11.2. The average Bonchev–Trinajstić information content (AvgIpc) is 2.85. The van der Waals surface area contributed by atoms with Crippen molar-refractivity contribution >= 4 is 11.6 Å². The molecule has 208 valence electrons. The number of aliphatic hydroxyl groups excluding tert-OH is 6. The van der Waals surface area contributed by atoms with Crippen LogP contribution in [0, 0.1) is 10.1 Å². The fraction of sp³-hybridized carbons (Fsp3) is 0.667. The summed E-state index contributed by atoms with van der Waals surface area (Å²) in [5.74, 6) is -0.896. The van der Waals surface area contributed by atoms with Crippen LogP contribution in [0.15, 0.2) is 18.2 Å². The zero-order valence-corrected chi connectivity index (χ0v) is 19.6. The molecule has 2 aliphatic heterocycles. The summed E-state index contributed by atoms with van der Waals surface area (Å²) in [5.41, 5.74) is -0.405. The quantitative estimate of drug-likeness (QED) is 0.114. The van der Waals surface area contributed by atoms with Crippen molar-refractivity contribution in [3.05, 3.63) is 33.9 Å².